The Morgan fingerprint density at radius 3 is 2.37 bits per heavy atom. The number of allylic oxidation sites excluding steroid dienone is 2. The number of fused-ring (bicyclic) bond motifs is 2. The molecule has 0 saturated carbocycles. The Balaban J connectivity index is 2.22. The van der Waals surface area contributed by atoms with Crippen molar-refractivity contribution in [3.8, 4) is 5.75 Å². The second-order valence-corrected chi connectivity index (χ2v) is 8.22. The summed E-state index contributed by atoms with van der Waals surface area (Å²) in [4.78, 5) is 0. The van der Waals surface area contributed by atoms with E-state index in [1.54, 1.807) is 7.11 Å². The van der Waals surface area contributed by atoms with Crippen molar-refractivity contribution >= 4 is 18.3 Å². The fraction of sp³-hybridized carbons (Fsp3) is 0.375. The van der Waals surface area contributed by atoms with E-state index < -0.39 is 6.97 Å². The van der Waals surface area contributed by atoms with Crippen LogP contribution in [-0.4, -0.2) is 28.8 Å². The van der Waals surface area contributed by atoms with Crippen LogP contribution >= 0.6 is 0 Å². The monoisotopic (exact) mass is 410 g/mol. The minimum absolute atomic E-state index is 0.637. The van der Waals surface area contributed by atoms with Crippen molar-refractivity contribution in [3.63, 3.8) is 0 Å². The van der Waals surface area contributed by atoms with Crippen molar-refractivity contribution in [3.05, 3.63) is 69.2 Å². The number of hydrogen-bond acceptors (Lipinski definition) is 1. The van der Waals surface area contributed by atoms with E-state index in [0.717, 1.165) is 46.3 Å². The van der Waals surface area contributed by atoms with Gasteiger partial charge in [-0.1, -0.05) is 26.0 Å². The van der Waals surface area contributed by atoms with Crippen LogP contribution in [0.5, 0.6) is 5.75 Å². The highest BCUT2D eigenvalue weighted by atomic mass is 19.2. The predicted octanol–water partition coefficient (Wildman–Crippen LogP) is 5.89. The Morgan fingerprint density at radius 1 is 1.07 bits per heavy atom. The smallest absolute Gasteiger partial charge is 0.497 e. The topological polar surface area (TPSA) is 17.2 Å². The van der Waals surface area contributed by atoms with E-state index in [2.05, 4.69) is 0 Å². The summed E-state index contributed by atoms with van der Waals surface area (Å²) in [7, 11) is 1.63. The lowest BCUT2D eigenvalue weighted by molar-refractivity contribution is -0.363. The number of halogens is 2. The molecule has 3 nitrogen and oxygen atoms in total. The van der Waals surface area contributed by atoms with Gasteiger partial charge in [0.2, 0.25) is 0 Å². The zero-order valence-corrected chi connectivity index (χ0v) is 18.9. The number of nitrogens with zero attached hydrogens (tertiary/aromatic N) is 2. The molecule has 0 saturated heterocycles. The van der Waals surface area contributed by atoms with E-state index in [1.807, 2.05) is 65.8 Å². The molecule has 3 heterocycles. The van der Waals surface area contributed by atoms with Crippen LogP contribution in [0.15, 0.2) is 41.1 Å². The minimum Gasteiger partial charge on any atom is -0.497 e. The molecule has 0 aliphatic carbocycles. The molecule has 6 heteroatoms. The highest BCUT2D eigenvalue weighted by Gasteiger charge is 2.56. The van der Waals surface area contributed by atoms with E-state index in [9.17, 15) is 0 Å². The third-order valence-corrected chi connectivity index (χ3v) is 6.85. The Bertz CT molecular complexity index is 1170. The van der Waals surface area contributed by atoms with Crippen LogP contribution in [0.25, 0.3) is 5.57 Å². The number of ether oxygens (including phenoxy) is 1. The van der Waals surface area contributed by atoms with Crippen LogP contribution in [0, 0.1) is 13.8 Å². The minimum atomic E-state index is -3.99. The van der Waals surface area contributed by atoms with Crippen LogP contribution < -0.4 is 4.74 Å². The summed E-state index contributed by atoms with van der Waals surface area (Å²) < 4.78 is 40.4. The van der Waals surface area contributed by atoms with Gasteiger partial charge >= 0.3 is 6.97 Å². The second-order valence-electron chi connectivity index (χ2n) is 8.22. The van der Waals surface area contributed by atoms with Gasteiger partial charge in [-0.25, -0.2) is 0 Å². The molecule has 0 bridgehead atoms. The normalized spacial score (nSPS) is 17.6. The third-order valence-electron chi connectivity index (χ3n) is 6.85. The largest absolute Gasteiger partial charge is 0.737 e. The first kappa shape index (κ1) is 20.6. The summed E-state index contributed by atoms with van der Waals surface area (Å²) in [5.41, 5.74) is 8.24. The molecule has 0 fully saturated rings. The van der Waals surface area contributed by atoms with E-state index >= 15 is 8.63 Å². The molecule has 2 aliphatic heterocycles. The van der Waals surface area contributed by atoms with Crippen LogP contribution in [0.1, 0.15) is 62.2 Å². The van der Waals surface area contributed by atoms with E-state index in [-0.39, 0.29) is 0 Å². The molecule has 0 spiro atoms. The van der Waals surface area contributed by atoms with Crippen molar-refractivity contribution in [1.29, 1.82) is 0 Å². The standard InChI is InChI=1S/C24H29BF2N2O/c1-8-20-14(3)23-22(18-11-10-12-19(13-18)30-7)24-15(4)21(9-2)17(6)29(24)25(26,27)28(23)16(20)5/h10-13H,8-9H2,1-7H3. The summed E-state index contributed by atoms with van der Waals surface area (Å²) in [6.07, 6.45) is 1.45. The fourth-order valence-corrected chi connectivity index (χ4v) is 5.53. The molecule has 1 aromatic heterocycles. The maximum absolute atomic E-state index is 16.2. The maximum Gasteiger partial charge on any atom is 0.737 e. The van der Waals surface area contributed by atoms with Crippen molar-refractivity contribution < 1.29 is 17.9 Å². The van der Waals surface area contributed by atoms with Gasteiger partial charge in [0.05, 0.1) is 12.7 Å². The average molecular weight is 410 g/mol. The molecule has 4 rings (SSSR count). The first-order chi connectivity index (χ1) is 14.2. The van der Waals surface area contributed by atoms with Crippen molar-refractivity contribution in [2.24, 2.45) is 0 Å². The summed E-state index contributed by atoms with van der Waals surface area (Å²) in [6, 6.07) is 7.74. The van der Waals surface area contributed by atoms with Crippen LogP contribution in [0.2, 0.25) is 0 Å². The van der Waals surface area contributed by atoms with Gasteiger partial charge in [-0.05, 0) is 68.1 Å². The van der Waals surface area contributed by atoms with E-state index in [4.69, 9.17) is 4.74 Å². The quantitative estimate of drug-likeness (QED) is 0.575. The maximum atomic E-state index is 16.2. The van der Waals surface area contributed by atoms with Gasteiger partial charge in [-0.2, -0.15) is 0 Å². The highest BCUT2D eigenvalue weighted by molar-refractivity contribution is 6.58. The molecular formula is C24H29BF2N2O. The van der Waals surface area contributed by atoms with Gasteiger partial charge in [0.1, 0.15) is 11.5 Å². The predicted molar refractivity (Wildman–Crippen MR) is 120 cm³/mol. The van der Waals surface area contributed by atoms with Gasteiger partial charge in [0, 0.05) is 23.8 Å². The van der Waals surface area contributed by atoms with Crippen LogP contribution in [0.3, 0.4) is 0 Å². The first-order valence-electron chi connectivity index (χ1n) is 10.7. The molecule has 0 N–H and O–H groups in total. The summed E-state index contributed by atoms with van der Waals surface area (Å²) in [6.45, 7) is 7.68. The third kappa shape index (κ3) is 2.52. The van der Waals surface area contributed by atoms with Crippen molar-refractivity contribution in [2.75, 3.05) is 7.11 Å². The fourth-order valence-electron chi connectivity index (χ4n) is 5.53. The molecule has 30 heavy (non-hydrogen) atoms. The molecule has 2 aromatic rings. The van der Waals surface area contributed by atoms with Crippen LogP contribution in [0.4, 0.5) is 8.63 Å². The number of aromatic nitrogens is 1. The van der Waals surface area contributed by atoms with Gasteiger partial charge in [-0.3, -0.25) is 0 Å². The van der Waals surface area contributed by atoms with E-state index in [1.165, 1.54) is 8.96 Å². The molecule has 158 valence electrons. The van der Waals surface area contributed by atoms with Gasteiger partial charge < -0.3 is 22.3 Å². The molecule has 0 atom stereocenters. The Labute approximate surface area is 177 Å². The SMILES string of the molecule is CCC1=C(C)C2=C(c3cccc(OC)c3)c3c(C)c(CC)c(C)n3[B-](F)(F)[N+]2=C1C. The van der Waals surface area contributed by atoms with Crippen molar-refractivity contribution in [1.82, 2.24) is 4.48 Å². The van der Waals surface area contributed by atoms with Gasteiger partial charge in [-0.15, -0.1) is 0 Å². The lowest BCUT2D eigenvalue weighted by atomic mass is 9.83. The number of rotatable bonds is 4. The summed E-state index contributed by atoms with van der Waals surface area (Å²) in [5, 5.41) is 0. The zero-order valence-electron chi connectivity index (χ0n) is 18.9. The molecule has 0 radical (unpaired) electrons. The molecule has 0 unspecified atom stereocenters. The van der Waals surface area contributed by atoms with E-state index in [0.29, 0.717) is 28.5 Å². The molecule has 0 amide bonds. The van der Waals surface area contributed by atoms with Gasteiger partial charge in [0.15, 0.2) is 5.70 Å². The van der Waals surface area contributed by atoms with Gasteiger partial charge in [0.25, 0.3) is 0 Å². The lowest BCUT2D eigenvalue weighted by Gasteiger charge is -2.34. The van der Waals surface area contributed by atoms with Crippen LogP contribution in [-0.2, 0) is 6.42 Å². The first-order valence-corrected chi connectivity index (χ1v) is 10.7. The summed E-state index contributed by atoms with van der Waals surface area (Å²) in [5.74, 6) is 0.717. The Morgan fingerprint density at radius 2 is 1.77 bits per heavy atom. The highest BCUT2D eigenvalue weighted by Crippen LogP contribution is 2.47. The number of benzene rings is 1. The molecule has 1 aromatic carbocycles. The Kier molecular flexibility index (Phi) is 4.79. The lowest BCUT2D eigenvalue weighted by Crippen LogP contribution is -2.51. The molecular weight excluding hydrogens is 381 g/mol. The average Bonchev–Trinajstić information content (AvgIpc) is 3.13. The summed E-state index contributed by atoms with van der Waals surface area (Å²) >= 11 is 0. The van der Waals surface area contributed by atoms with Crippen molar-refractivity contribution in [2.45, 2.75) is 54.4 Å². The zero-order chi connectivity index (χ0) is 22.0. The number of hydrogen-bond donors (Lipinski definition) is 0. The Hall–Kier alpha value is -2.63. The molecule has 2 aliphatic rings. The number of methoxy groups -OCH3 is 1. The second kappa shape index (κ2) is 6.97.